The zero-order valence-electron chi connectivity index (χ0n) is 8.29. The van der Waals surface area contributed by atoms with E-state index in [0.717, 1.165) is 4.88 Å². The number of halogens is 1. The van der Waals surface area contributed by atoms with Crippen LogP contribution in [0.15, 0.2) is 17.5 Å². The first kappa shape index (κ1) is 11.7. The number of nitrogens with one attached hydrogen (secondary N) is 1. The zero-order valence-corrected chi connectivity index (χ0v) is 10.7. The van der Waals surface area contributed by atoms with Crippen molar-refractivity contribution in [2.75, 3.05) is 6.54 Å². The van der Waals surface area contributed by atoms with E-state index in [1.165, 1.54) is 11.3 Å². The SMILES string of the molecule is CC(C)C(Br)CNC(=O)c1cccs1. The minimum Gasteiger partial charge on any atom is -0.350 e. The summed E-state index contributed by atoms with van der Waals surface area (Å²) >= 11 is 4.99. The molecule has 1 amide bonds. The van der Waals surface area contributed by atoms with E-state index in [4.69, 9.17) is 0 Å². The number of carbonyl (C=O) groups is 1. The fourth-order valence-electron chi connectivity index (χ4n) is 0.921. The number of alkyl halides is 1. The van der Waals surface area contributed by atoms with Crippen molar-refractivity contribution >= 4 is 33.2 Å². The van der Waals surface area contributed by atoms with Gasteiger partial charge in [0, 0.05) is 11.4 Å². The Morgan fingerprint density at radius 3 is 2.86 bits per heavy atom. The predicted molar refractivity (Wildman–Crippen MR) is 64.2 cm³/mol. The Morgan fingerprint density at radius 2 is 2.36 bits per heavy atom. The van der Waals surface area contributed by atoms with Gasteiger partial charge in [0.05, 0.1) is 4.88 Å². The molecule has 1 atom stereocenters. The lowest BCUT2D eigenvalue weighted by Crippen LogP contribution is -2.31. The van der Waals surface area contributed by atoms with E-state index in [1.807, 2.05) is 17.5 Å². The third kappa shape index (κ3) is 3.42. The standard InChI is InChI=1S/C10H14BrNOS/c1-7(2)8(11)6-12-10(13)9-4-3-5-14-9/h3-5,7-8H,6H2,1-2H3,(H,12,13). The van der Waals surface area contributed by atoms with E-state index in [0.29, 0.717) is 17.3 Å². The second-order valence-corrected chi connectivity index (χ2v) is 5.57. The molecule has 1 rings (SSSR count). The minimum absolute atomic E-state index is 0.0186. The molecule has 1 unspecified atom stereocenters. The molecule has 0 spiro atoms. The van der Waals surface area contributed by atoms with E-state index >= 15 is 0 Å². The van der Waals surface area contributed by atoms with Crippen LogP contribution in [0.4, 0.5) is 0 Å². The van der Waals surface area contributed by atoms with Gasteiger partial charge >= 0.3 is 0 Å². The highest BCUT2D eigenvalue weighted by Crippen LogP contribution is 2.12. The van der Waals surface area contributed by atoms with Gasteiger partial charge in [-0.05, 0) is 17.4 Å². The van der Waals surface area contributed by atoms with Gasteiger partial charge in [-0.1, -0.05) is 35.8 Å². The van der Waals surface area contributed by atoms with Crippen LogP contribution in [0.3, 0.4) is 0 Å². The average molecular weight is 276 g/mol. The van der Waals surface area contributed by atoms with Crippen molar-refractivity contribution in [3.8, 4) is 0 Å². The van der Waals surface area contributed by atoms with Crippen LogP contribution in [-0.2, 0) is 0 Å². The molecule has 2 nitrogen and oxygen atoms in total. The number of amides is 1. The van der Waals surface area contributed by atoms with Crippen LogP contribution in [0.25, 0.3) is 0 Å². The fraction of sp³-hybridized carbons (Fsp3) is 0.500. The number of rotatable bonds is 4. The predicted octanol–water partition coefficient (Wildman–Crippen LogP) is 2.90. The molecule has 1 aromatic heterocycles. The highest BCUT2D eigenvalue weighted by Gasteiger charge is 2.11. The summed E-state index contributed by atoms with van der Waals surface area (Å²) in [5.41, 5.74) is 0. The molecule has 1 aromatic rings. The molecule has 0 radical (unpaired) electrons. The molecule has 14 heavy (non-hydrogen) atoms. The van der Waals surface area contributed by atoms with Gasteiger partial charge in [-0.3, -0.25) is 4.79 Å². The molecule has 0 aromatic carbocycles. The van der Waals surface area contributed by atoms with Crippen LogP contribution >= 0.6 is 27.3 Å². The molecule has 0 aliphatic rings. The monoisotopic (exact) mass is 275 g/mol. The molecule has 4 heteroatoms. The van der Waals surface area contributed by atoms with Gasteiger partial charge < -0.3 is 5.32 Å². The Bertz CT molecular complexity index is 284. The number of thiophene rings is 1. The molecule has 0 bridgehead atoms. The lowest BCUT2D eigenvalue weighted by molar-refractivity contribution is 0.0957. The Hall–Kier alpha value is -0.350. The minimum atomic E-state index is 0.0186. The first-order valence-corrected chi connectivity index (χ1v) is 6.36. The fourth-order valence-corrected chi connectivity index (χ4v) is 1.72. The topological polar surface area (TPSA) is 29.1 Å². The number of carbonyl (C=O) groups excluding carboxylic acids is 1. The molecule has 0 fully saturated rings. The molecule has 0 saturated carbocycles. The van der Waals surface area contributed by atoms with Crippen molar-refractivity contribution in [3.63, 3.8) is 0 Å². The van der Waals surface area contributed by atoms with Crippen molar-refractivity contribution in [1.29, 1.82) is 0 Å². The van der Waals surface area contributed by atoms with Crippen molar-refractivity contribution in [1.82, 2.24) is 5.32 Å². The largest absolute Gasteiger partial charge is 0.350 e. The van der Waals surface area contributed by atoms with Crippen LogP contribution in [0.1, 0.15) is 23.5 Å². The second kappa shape index (κ2) is 5.51. The van der Waals surface area contributed by atoms with Gasteiger partial charge in [0.25, 0.3) is 5.91 Å². The van der Waals surface area contributed by atoms with Gasteiger partial charge in [0.1, 0.15) is 0 Å². The zero-order chi connectivity index (χ0) is 10.6. The third-order valence-corrected chi connectivity index (χ3v) is 4.18. The maximum atomic E-state index is 11.5. The Kier molecular flexibility index (Phi) is 4.62. The normalized spacial score (nSPS) is 12.9. The second-order valence-electron chi connectivity index (χ2n) is 3.45. The maximum Gasteiger partial charge on any atom is 0.261 e. The molecule has 0 aliphatic carbocycles. The molecule has 1 heterocycles. The summed E-state index contributed by atoms with van der Waals surface area (Å²) in [6.45, 7) is 4.92. The molecule has 78 valence electrons. The smallest absolute Gasteiger partial charge is 0.261 e. The Labute approximate surface area is 96.8 Å². The van der Waals surface area contributed by atoms with Gasteiger partial charge in [-0.2, -0.15) is 0 Å². The highest BCUT2D eigenvalue weighted by molar-refractivity contribution is 9.09. The van der Waals surface area contributed by atoms with Crippen LogP contribution < -0.4 is 5.32 Å². The lowest BCUT2D eigenvalue weighted by atomic mass is 10.1. The van der Waals surface area contributed by atoms with Crippen molar-refractivity contribution in [3.05, 3.63) is 22.4 Å². The number of hydrogen-bond donors (Lipinski definition) is 1. The first-order valence-electron chi connectivity index (χ1n) is 4.57. The summed E-state index contributed by atoms with van der Waals surface area (Å²) < 4.78 is 0. The lowest BCUT2D eigenvalue weighted by Gasteiger charge is -2.13. The van der Waals surface area contributed by atoms with Gasteiger partial charge in [-0.15, -0.1) is 11.3 Å². The summed E-state index contributed by atoms with van der Waals surface area (Å²) in [4.78, 5) is 12.6. The van der Waals surface area contributed by atoms with E-state index in [1.54, 1.807) is 0 Å². The van der Waals surface area contributed by atoms with Crippen LogP contribution in [0, 0.1) is 5.92 Å². The molecule has 1 N–H and O–H groups in total. The highest BCUT2D eigenvalue weighted by atomic mass is 79.9. The van der Waals surface area contributed by atoms with E-state index < -0.39 is 0 Å². The van der Waals surface area contributed by atoms with Crippen LogP contribution in [-0.4, -0.2) is 17.3 Å². The summed E-state index contributed by atoms with van der Waals surface area (Å²) in [6, 6.07) is 3.71. The molecular weight excluding hydrogens is 262 g/mol. The third-order valence-electron chi connectivity index (χ3n) is 1.93. The van der Waals surface area contributed by atoms with Crippen molar-refractivity contribution < 1.29 is 4.79 Å². The van der Waals surface area contributed by atoms with Crippen LogP contribution in [0.5, 0.6) is 0 Å². The van der Waals surface area contributed by atoms with E-state index in [-0.39, 0.29) is 5.91 Å². The van der Waals surface area contributed by atoms with Gasteiger partial charge in [-0.25, -0.2) is 0 Å². The quantitative estimate of drug-likeness (QED) is 0.842. The number of hydrogen-bond acceptors (Lipinski definition) is 2. The summed E-state index contributed by atoms with van der Waals surface area (Å²) in [7, 11) is 0. The maximum absolute atomic E-state index is 11.5. The van der Waals surface area contributed by atoms with Crippen molar-refractivity contribution in [2.24, 2.45) is 5.92 Å². The summed E-state index contributed by atoms with van der Waals surface area (Å²) in [5.74, 6) is 0.545. The Balaban J connectivity index is 2.36. The average Bonchev–Trinajstić information content (AvgIpc) is 2.66. The summed E-state index contributed by atoms with van der Waals surface area (Å²) in [6.07, 6.45) is 0. The van der Waals surface area contributed by atoms with Crippen LogP contribution in [0.2, 0.25) is 0 Å². The van der Waals surface area contributed by atoms with Crippen molar-refractivity contribution in [2.45, 2.75) is 18.7 Å². The van der Waals surface area contributed by atoms with E-state index in [9.17, 15) is 4.79 Å². The Morgan fingerprint density at radius 1 is 1.64 bits per heavy atom. The summed E-state index contributed by atoms with van der Waals surface area (Å²) in [5, 5.41) is 4.80. The molecule has 0 saturated heterocycles. The first-order chi connectivity index (χ1) is 6.61. The van der Waals surface area contributed by atoms with E-state index in [2.05, 4.69) is 35.1 Å². The van der Waals surface area contributed by atoms with Gasteiger partial charge in [0.15, 0.2) is 0 Å². The van der Waals surface area contributed by atoms with Gasteiger partial charge in [0.2, 0.25) is 0 Å². The molecular formula is C10H14BrNOS. The molecule has 0 aliphatic heterocycles.